The van der Waals surface area contributed by atoms with Gasteiger partial charge in [-0.05, 0) is 56.5 Å². The van der Waals surface area contributed by atoms with Crippen molar-refractivity contribution in [1.29, 1.82) is 0 Å². The van der Waals surface area contributed by atoms with Crippen LogP contribution in [0.2, 0.25) is 0 Å². The highest BCUT2D eigenvalue weighted by Gasteiger charge is 2.19. The maximum Gasteiger partial charge on any atom is 0.193 e. The van der Waals surface area contributed by atoms with Gasteiger partial charge in [0.25, 0.3) is 0 Å². The third-order valence-corrected chi connectivity index (χ3v) is 5.49. The van der Waals surface area contributed by atoms with Crippen LogP contribution in [0.15, 0.2) is 60.7 Å². The number of aryl methyl sites for hydroxylation is 2. The first-order valence-corrected chi connectivity index (χ1v) is 10.0. The molecule has 0 saturated heterocycles. The van der Waals surface area contributed by atoms with Crippen molar-refractivity contribution in [3.8, 4) is 0 Å². The second-order valence-electron chi connectivity index (χ2n) is 7.62. The van der Waals surface area contributed by atoms with Crippen molar-refractivity contribution in [2.75, 3.05) is 5.43 Å². The van der Waals surface area contributed by atoms with Gasteiger partial charge in [-0.25, -0.2) is 4.98 Å². The van der Waals surface area contributed by atoms with Gasteiger partial charge in [0.2, 0.25) is 0 Å². The molecule has 4 rings (SSSR count). The van der Waals surface area contributed by atoms with Gasteiger partial charge in [0.05, 0.1) is 16.7 Å². The number of carbonyl (C=O) groups is 1. The van der Waals surface area contributed by atoms with Gasteiger partial charge < -0.3 is 0 Å². The summed E-state index contributed by atoms with van der Waals surface area (Å²) < 4.78 is 0. The van der Waals surface area contributed by atoms with Crippen molar-refractivity contribution >= 4 is 33.3 Å². The molecule has 0 bridgehead atoms. The number of aromatic nitrogens is 1. The number of hydrogen-bond donors (Lipinski definition) is 2. The maximum atomic E-state index is 12.8. The molecule has 0 radical (unpaired) electrons. The highest BCUT2D eigenvalue weighted by atomic mass is 16.7. The molecule has 0 spiro atoms. The number of fused-ring (bicyclic) bond motifs is 2. The Hall–Kier alpha value is -3.28. The first kappa shape index (κ1) is 20.0. The molecule has 0 aliphatic carbocycles. The number of nitrogens with one attached hydrogen (secondary N) is 2. The lowest BCUT2D eigenvalue weighted by Crippen LogP contribution is -2.32. The van der Waals surface area contributed by atoms with Crippen LogP contribution in [0.4, 0.5) is 5.69 Å². The Labute approximate surface area is 176 Å². The summed E-state index contributed by atoms with van der Waals surface area (Å²) in [6, 6.07) is 19.8. The van der Waals surface area contributed by atoms with Gasteiger partial charge in [-0.1, -0.05) is 48.5 Å². The molecule has 5 heteroatoms. The van der Waals surface area contributed by atoms with Crippen LogP contribution in [0, 0.1) is 20.8 Å². The van der Waals surface area contributed by atoms with Gasteiger partial charge in [-0.3, -0.25) is 15.1 Å². The fourth-order valence-corrected chi connectivity index (χ4v) is 3.60. The molecule has 3 aromatic carbocycles. The zero-order valence-corrected chi connectivity index (χ0v) is 17.6. The Kier molecular flexibility index (Phi) is 5.48. The van der Waals surface area contributed by atoms with Crippen LogP contribution >= 0.6 is 0 Å². The number of hydrazine groups is 1. The minimum atomic E-state index is -0.653. The van der Waals surface area contributed by atoms with Crippen molar-refractivity contribution in [3.05, 3.63) is 82.9 Å². The lowest BCUT2D eigenvalue weighted by molar-refractivity contribution is 0.00515. The molecule has 1 aromatic heterocycles. The number of para-hydroxylation sites is 1. The van der Waals surface area contributed by atoms with E-state index in [-0.39, 0.29) is 5.78 Å². The molecule has 0 aliphatic rings. The topological polar surface area (TPSA) is 63.2 Å². The standard InChI is InChI=1S/C25H25N3O2/c1-15-12-13-21-23(14-15)26-22-11-6-5-9-20(22)24(21)27-28-30-18(4)25(29)19-10-7-8-16(2)17(19)3/h5-14,18,28H,1-4H3,(H,26,27). The summed E-state index contributed by atoms with van der Waals surface area (Å²) in [7, 11) is 0. The molecule has 1 unspecified atom stereocenters. The van der Waals surface area contributed by atoms with E-state index in [0.717, 1.165) is 44.2 Å². The Morgan fingerprint density at radius 2 is 1.70 bits per heavy atom. The van der Waals surface area contributed by atoms with E-state index < -0.39 is 6.10 Å². The SMILES string of the molecule is Cc1ccc2c(NNOC(C)C(=O)c3cccc(C)c3C)c3ccccc3nc2c1. The molecule has 1 atom stereocenters. The van der Waals surface area contributed by atoms with Crippen LogP contribution in [0.25, 0.3) is 21.8 Å². The van der Waals surface area contributed by atoms with Gasteiger partial charge in [-0.15, -0.1) is 5.59 Å². The smallest absolute Gasteiger partial charge is 0.193 e. The second kappa shape index (κ2) is 8.22. The van der Waals surface area contributed by atoms with E-state index in [9.17, 15) is 4.79 Å². The first-order chi connectivity index (χ1) is 14.5. The average molecular weight is 399 g/mol. The van der Waals surface area contributed by atoms with Gasteiger partial charge in [0.15, 0.2) is 5.78 Å². The van der Waals surface area contributed by atoms with Crippen LogP contribution in [0.5, 0.6) is 0 Å². The van der Waals surface area contributed by atoms with Crippen molar-refractivity contribution in [2.24, 2.45) is 0 Å². The molecule has 1 heterocycles. The normalized spacial score (nSPS) is 12.3. The summed E-state index contributed by atoms with van der Waals surface area (Å²) in [6.07, 6.45) is -0.653. The lowest BCUT2D eigenvalue weighted by atomic mass is 9.98. The monoisotopic (exact) mass is 399 g/mol. The van der Waals surface area contributed by atoms with Gasteiger partial charge in [0, 0.05) is 16.3 Å². The van der Waals surface area contributed by atoms with E-state index in [4.69, 9.17) is 9.82 Å². The summed E-state index contributed by atoms with van der Waals surface area (Å²) >= 11 is 0. The first-order valence-electron chi connectivity index (χ1n) is 10.0. The average Bonchev–Trinajstić information content (AvgIpc) is 2.74. The van der Waals surface area contributed by atoms with Crippen molar-refractivity contribution in [1.82, 2.24) is 10.6 Å². The number of ketones is 1. The molecule has 0 fully saturated rings. The largest absolute Gasteiger partial charge is 0.297 e. The summed E-state index contributed by atoms with van der Waals surface area (Å²) in [5.41, 5.74) is 12.5. The number of nitrogens with zero attached hydrogens (tertiary/aromatic N) is 1. The van der Waals surface area contributed by atoms with E-state index in [2.05, 4.69) is 23.1 Å². The summed E-state index contributed by atoms with van der Waals surface area (Å²) in [5, 5.41) is 1.95. The van der Waals surface area contributed by atoms with Crippen LogP contribution in [-0.2, 0) is 4.84 Å². The molecular formula is C25H25N3O2. The Balaban J connectivity index is 1.57. The predicted molar refractivity (Wildman–Crippen MR) is 122 cm³/mol. The van der Waals surface area contributed by atoms with E-state index >= 15 is 0 Å². The van der Waals surface area contributed by atoms with Gasteiger partial charge in [0.1, 0.15) is 6.10 Å². The number of pyridine rings is 1. The zero-order valence-electron chi connectivity index (χ0n) is 17.6. The summed E-state index contributed by atoms with van der Waals surface area (Å²) in [5.74, 6) is -0.0643. The van der Waals surface area contributed by atoms with E-state index in [1.165, 1.54) is 0 Å². The minimum Gasteiger partial charge on any atom is -0.297 e. The molecule has 30 heavy (non-hydrogen) atoms. The van der Waals surface area contributed by atoms with Crippen LogP contribution in [-0.4, -0.2) is 16.9 Å². The van der Waals surface area contributed by atoms with E-state index in [1.807, 2.05) is 69.3 Å². The van der Waals surface area contributed by atoms with E-state index in [0.29, 0.717) is 5.56 Å². The molecule has 2 N–H and O–H groups in total. The van der Waals surface area contributed by atoms with Crippen molar-refractivity contribution < 1.29 is 9.63 Å². The molecule has 152 valence electrons. The number of carbonyl (C=O) groups excluding carboxylic acids is 1. The maximum absolute atomic E-state index is 12.8. The predicted octanol–water partition coefficient (Wildman–Crippen LogP) is 5.43. The van der Waals surface area contributed by atoms with E-state index in [1.54, 1.807) is 6.92 Å². The molecule has 0 aliphatic heterocycles. The lowest BCUT2D eigenvalue weighted by Gasteiger charge is -2.17. The highest BCUT2D eigenvalue weighted by molar-refractivity contribution is 6.07. The summed E-state index contributed by atoms with van der Waals surface area (Å²) in [4.78, 5) is 23.2. The Morgan fingerprint density at radius 1 is 0.933 bits per heavy atom. The van der Waals surface area contributed by atoms with Crippen molar-refractivity contribution in [2.45, 2.75) is 33.8 Å². The number of benzene rings is 3. The Bertz CT molecular complexity index is 1250. The number of Topliss-reactive ketones (excluding diaryl/α,β-unsaturated/α-hetero) is 1. The van der Waals surface area contributed by atoms with Crippen LogP contribution in [0.3, 0.4) is 0 Å². The second-order valence-corrected chi connectivity index (χ2v) is 7.62. The zero-order chi connectivity index (χ0) is 21.3. The van der Waals surface area contributed by atoms with Gasteiger partial charge >= 0.3 is 0 Å². The van der Waals surface area contributed by atoms with Gasteiger partial charge in [-0.2, -0.15) is 0 Å². The fourth-order valence-electron chi connectivity index (χ4n) is 3.60. The van der Waals surface area contributed by atoms with Crippen LogP contribution in [0.1, 0.15) is 34.0 Å². The Morgan fingerprint density at radius 3 is 2.53 bits per heavy atom. The minimum absolute atomic E-state index is 0.0643. The molecular weight excluding hydrogens is 374 g/mol. The molecule has 0 saturated carbocycles. The number of rotatable bonds is 6. The fraction of sp³-hybridized carbons (Fsp3) is 0.200. The number of hydrogen-bond acceptors (Lipinski definition) is 5. The number of anilines is 1. The van der Waals surface area contributed by atoms with Crippen LogP contribution < -0.4 is 11.0 Å². The third kappa shape index (κ3) is 3.77. The third-order valence-electron chi connectivity index (χ3n) is 5.49. The molecule has 4 aromatic rings. The quantitative estimate of drug-likeness (QED) is 0.257. The van der Waals surface area contributed by atoms with Crippen molar-refractivity contribution in [3.63, 3.8) is 0 Å². The highest BCUT2D eigenvalue weighted by Crippen LogP contribution is 2.30. The molecule has 0 amide bonds. The summed E-state index contributed by atoms with van der Waals surface area (Å²) in [6.45, 7) is 7.74. The molecule has 5 nitrogen and oxygen atoms in total.